The van der Waals surface area contributed by atoms with Crippen LogP contribution in [0.3, 0.4) is 0 Å². The summed E-state index contributed by atoms with van der Waals surface area (Å²) < 4.78 is 26.9. The first-order chi connectivity index (χ1) is 13.5. The van der Waals surface area contributed by atoms with Gasteiger partial charge >= 0.3 is 0 Å². The first-order valence-electron chi connectivity index (χ1n) is 9.71. The molecule has 1 fully saturated rings. The van der Waals surface area contributed by atoms with E-state index < -0.39 is 10.0 Å². The maximum absolute atomic E-state index is 12.7. The molecule has 0 aliphatic carbocycles. The molecule has 1 unspecified atom stereocenters. The molecule has 0 bridgehead atoms. The van der Waals surface area contributed by atoms with E-state index in [2.05, 4.69) is 19.1 Å². The molecule has 1 heterocycles. The van der Waals surface area contributed by atoms with Crippen molar-refractivity contribution in [3.05, 3.63) is 66.2 Å². The molecule has 0 spiro atoms. The molecule has 2 aromatic carbocycles. The van der Waals surface area contributed by atoms with Gasteiger partial charge in [-0.2, -0.15) is 4.31 Å². The lowest BCUT2D eigenvalue weighted by molar-refractivity contribution is -0.904. The summed E-state index contributed by atoms with van der Waals surface area (Å²) in [6.45, 7) is 5.73. The smallest absolute Gasteiger partial charge is 0.277 e. The minimum absolute atomic E-state index is 0.0875. The lowest BCUT2D eigenvalue weighted by atomic mass is 10.2. The van der Waals surface area contributed by atoms with E-state index in [0.29, 0.717) is 37.6 Å². The van der Waals surface area contributed by atoms with Crippen molar-refractivity contribution in [3.63, 3.8) is 0 Å². The zero-order valence-corrected chi connectivity index (χ0v) is 17.1. The van der Waals surface area contributed by atoms with Crippen molar-refractivity contribution in [2.45, 2.75) is 18.4 Å². The second-order valence-corrected chi connectivity index (χ2v) is 8.98. The molecule has 7 heteroatoms. The molecule has 0 radical (unpaired) electrons. The zero-order chi connectivity index (χ0) is 20.0. The van der Waals surface area contributed by atoms with E-state index >= 15 is 0 Å². The molecule has 0 saturated carbocycles. The first-order valence-corrected chi connectivity index (χ1v) is 11.1. The van der Waals surface area contributed by atoms with Crippen LogP contribution in [0, 0.1) is 0 Å². The molecule has 1 saturated heterocycles. The Labute approximate surface area is 167 Å². The van der Waals surface area contributed by atoms with Crippen LogP contribution >= 0.6 is 0 Å². The van der Waals surface area contributed by atoms with Gasteiger partial charge in [0, 0.05) is 31.7 Å². The number of sulfonamides is 1. The lowest BCUT2D eigenvalue weighted by Gasteiger charge is -2.34. The van der Waals surface area contributed by atoms with Crippen molar-refractivity contribution in [2.75, 3.05) is 39.3 Å². The van der Waals surface area contributed by atoms with Gasteiger partial charge in [-0.1, -0.05) is 48.5 Å². The number of nitrogens with zero attached hydrogens (tertiary/aromatic N) is 2. The Bertz CT molecular complexity index is 864. The SMILES string of the molecule is CC[NH+](CC(=O)N1CCN(S(=O)(=O)c2ccccc2)CC1)Cc1ccccc1. The van der Waals surface area contributed by atoms with Gasteiger partial charge in [0.15, 0.2) is 6.54 Å². The molecule has 1 aliphatic rings. The third-order valence-corrected chi connectivity index (χ3v) is 7.08. The van der Waals surface area contributed by atoms with Gasteiger partial charge in [0.25, 0.3) is 5.91 Å². The second-order valence-electron chi connectivity index (χ2n) is 7.04. The molecule has 3 rings (SSSR count). The van der Waals surface area contributed by atoms with E-state index in [1.165, 1.54) is 14.8 Å². The van der Waals surface area contributed by atoms with Crippen LogP contribution in [0.2, 0.25) is 0 Å². The van der Waals surface area contributed by atoms with E-state index in [-0.39, 0.29) is 5.91 Å². The van der Waals surface area contributed by atoms with Crippen LogP contribution in [-0.2, 0) is 21.4 Å². The van der Waals surface area contributed by atoms with E-state index in [1.807, 2.05) is 18.2 Å². The summed E-state index contributed by atoms with van der Waals surface area (Å²) in [4.78, 5) is 16.0. The number of carbonyl (C=O) groups is 1. The van der Waals surface area contributed by atoms with E-state index in [4.69, 9.17) is 0 Å². The zero-order valence-electron chi connectivity index (χ0n) is 16.3. The Hall–Kier alpha value is -2.22. The summed E-state index contributed by atoms with van der Waals surface area (Å²) >= 11 is 0. The molecule has 28 heavy (non-hydrogen) atoms. The Morgan fingerprint density at radius 1 is 0.929 bits per heavy atom. The van der Waals surface area contributed by atoms with Crippen LogP contribution in [0.4, 0.5) is 0 Å². The normalized spacial score (nSPS) is 16.7. The minimum Gasteiger partial charge on any atom is -0.335 e. The fourth-order valence-corrected chi connectivity index (χ4v) is 4.89. The van der Waals surface area contributed by atoms with Gasteiger partial charge in [0.2, 0.25) is 10.0 Å². The van der Waals surface area contributed by atoms with Crippen molar-refractivity contribution in [1.29, 1.82) is 0 Å². The van der Waals surface area contributed by atoms with E-state index in [0.717, 1.165) is 13.1 Å². The fraction of sp³-hybridized carbons (Fsp3) is 0.381. The molecule has 150 valence electrons. The number of amides is 1. The van der Waals surface area contributed by atoms with Gasteiger partial charge in [-0.25, -0.2) is 8.42 Å². The van der Waals surface area contributed by atoms with Gasteiger partial charge in [0.1, 0.15) is 6.54 Å². The topological polar surface area (TPSA) is 62.1 Å². The second kappa shape index (κ2) is 9.32. The predicted octanol–water partition coefficient (Wildman–Crippen LogP) is 0.625. The molecular formula is C21H28N3O3S+. The summed E-state index contributed by atoms with van der Waals surface area (Å²) in [7, 11) is -3.49. The first kappa shape index (κ1) is 20.5. The average molecular weight is 403 g/mol. The Kier molecular flexibility index (Phi) is 6.83. The van der Waals surface area contributed by atoms with Crippen molar-refractivity contribution in [3.8, 4) is 0 Å². The summed E-state index contributed by atoms with van der Waals surface area (Å²) in [6.07, 6.45) is 0. The Morgan fingerprint density at radius 3 is 2.07 bits per heavy atom. The van der Waals surface area contributed by atoms with Crippen molar-refractivity contribution in [2.24, 2.45) is 0 Å². The van der Waals surface area contributed by atoms with Crippen molar-refractivity contribution < 1.29 is 18.1 Å². The van der Waals surface area contributed by atoms with Gasteiger partial charge < -0.3 is 9.80 Å². The standard InChI is InChI=1S/C21H27N3O3S/c1-2-22(17-19-9-5-3-6-10-19)18-21(25)23-13-15-24(16-14-23)28(26,27)20-11-7-4-8-12-20/h3-12H,2,13-18H2,1H3/p+1. The Morgan fingerprint density at radius 2 is 1.50 bits per heavy atom. The van der Waals surface area contributed by atoms with E-state index in [9.17, 15) is 13.2 Å². The third kappa shape index (κ3) is 4.98. The number of rotatable bonds is 7. The molecule has 1 aliphatic heterocycles. The van der Waals surface area contributed by atoms with Crippen molar-refractivity contribution >= 4 is 15.9 Å². The van der Waals surface area contributed by atoms with Crippen LogP contribution in [0.5, 0.6) is 0 Å². The highest BCUT2D eigenvalue weighted by Gasteiger charge is 2.30. The molecule has 1 N–H and O–H groups in total. The molecule has 6 nitrogen and oxygen atoms in total. The number of likely N-dealkylation sites (N-methyl/N-ethyl adjacent to an activating group) is 1. The number of quaternary nitrogens is 1. The van der Waals surface area contributed by atoms with Gasteiger partial charge in [-0.3, -0.25) is 4.79 Å². The van der Waals surface area contributed by atoms with E-state index in [1.54, 1.807) is 35.2 Å². The van der Waals surface area contributed by atoms with Crippen LogP contribution in [-0.4, -0.2) is 62.8 Å². The maximum Gasteiger partial charge on any atom is 0.277 e. The van der Waals surface area contributed by atoms with Gasteiger partial charge in [-0.05, 0) is 19.1 Å². The number of benzene rings is 2. The Balaban J connectivity index is 1.54. The largest absolute Gasteiger partial charge is 0.335 e. The predicted molar refractivity (Wildman–Crippen MR) is 108 cm³/mol. The third-order valence-electron chi connectivity index (χ3n) is 5.17. The molecule has 2 aromatic rings. The average Bonchev–Trinajstić information content (AvgIpc) is 2.74. The lowest BCUT2D eigenvalue weighted by Crippen LogP contribution is -3.11. The number of carbonyl (C=O) groups excluding carboxylic acids is 1. The van der Waals surface area contributed by atoms with Crippen LogP contribution in [0.1, 0.15) is 12.5 Å². The van der Waals surface area contributed by atoms with Crippen LogP contribution < -0.4 is 4.90 Å². The number of hydrogen-bond acceptors (Lipinski definition) is 3. The minimum atomic E-state index is -3.49. The molecule has 1 atom stereocenters. The number of hydrogen-bond donors (Lipinski definition) is 1. The highest BCUT2D eigenvalue weighted by molar-refractivity contribution is 7.89. The summed E-state index contributed by atoms with van der Waals surface area (Å²) in [5, 5.41) is 0. The van der Waals surface area contributed by atoms with Crippen molar-refractivity contribution in [1.82, 2.24) is 9.21 Å². The summed E-state index contributed by atoms with van der Waals surface area (Å²) in [6, 6.07) is 18.6. The molecule has 0 aromatic heterocycles. The molecular weight excluding hydrogens is 374 g/mol. The number of nitrogens with one attached hydrogen (secondary N) is 1. The summed E-state index contributed by atoms with van der Waals surface area (Å²) in [5.74, 6) is 0.0875. The number of piperazine rings is 1. The van der Waals surface area contributed by atoms with Gasteiger partial charge in [0.05, 0.1) is 11.4 Å². The maximum atomic E-state index is 12.7. The molecule has 1 amide bonds. The summed E-state index contributed by atoms with van der Waals surface area (Å²) in [5.41, 5.74) is 1.21. The van der Waals surface area contributed by atoms with Crippen LogP contribution in [0.25, 0.3) is 0 Å². The fourth-order valence-electron chi connectivity index (χ4n) is 3.44. The highest BCUT2D eigenvalue weighted by atomic mass is 32.2. The van der Waals surface area contributed by atoms with Gasteiger partial charge in [-0.15, -0.1) is 0 Å². The highest BCUT2D eigenvalue weighted by Crippen LogP contribution is 2.17. The quantitative estimate of drug-likeness (QED) is 0.739. The monoisotopic (exact) mass is 402 g/mol. The van der Waals surface area contributed by atoms with Crippen LogP contribution in [0.15, 0.2) is 65.6 Å².